The van der Waals surface area contributed by atoms with Gasteiger partial charge in [0.25, 0.3) is 6.71 Å². The molecular formula is C89H88BN3. The molecule has 0 unspecified atom stereocenters. The van der Waals surface area contributed by atoms with Gasteiger partial charge in [-0.1, -0.05) is 281 Å². The summed E-state index contributed by atoms with van der Waals surface area (Å²) >= 11 is 0. The van der Waals surface area contributed by atoms with Gasteiger partial charge in [0.1, 0.15) is 0 Å². The highest BCUT2D eigenvalue weighted by Gasteiger charge is 2.45. The van der Waals surface area contributed by atoms with Crippen LogP contribution in [0.4, 0.5) is 34.1 Å². The lowest BCUT2D eigenvalue weighted by atomic mass is 9.33. The lowest BCUT2D eigenvalue weighted by Crippen LogP contribution is -2.61. The van der Waals surface area contributed by atoms with E-state index in [0.717, 1.165) is 29.2 Å². The van der Waals surface area contributed by atoms with Crippen molar-refractivity contribution in [2.45, 2.75) is 150 Å². The molecular weight excluding hydrogens is 1120 g/mol. The molecule has 1 aliphatic carbocycles. The van der Waals surface area contributed by atoms with Gasteiger partial charge in [0.15, 0.2) is 0 Å². The van der Waals surface area contributed by atoms with Crippen LogP contribution in [-0.2, 0) is 32.5 Å². The van der Waals surface area contributed by atoms with Gasteiger partial charge in [0.2, 0.25) is 0 Å². The summed E-state index contributed by atoms with van der Waals surface area (Å²) in [6.45, 7) is 37.7. The van der Waals surface area contributed by atoms with Crippen molar-refractivity contribution in [3.63, 3.8) is 0 Å². The summed E-state index contributed by atoms with van der Waals surface area (Å²) in [4.78, 5) is 5.24. The van der Waals surface area contributed by atoms with Crippen molar-refractivity contribution in [3.05, 3.63) is 264 Å². The van der Waals surface area contributed by atoms with Gasteiger partial charge in [-0.05, 0) is 194 Å². The Bertz CT molecular complexity index is 4850. The van der Waals surface area contributed by atoms with E-state index in [0.29, 0.717) is 0 Å². The van der Waals surface area contributed by atoms with E-state index < -0.39 is 0 Å². The maximum atomic E-state index is 2.63. The van der Waals surface area contributed by atoms with Gasteiger partial charge in [0, 0.05) is 44.9 Å². The number of para-hydroxylation sites is 2. The number of hydrogen-bond donors (Lipinski definition) is 0. The van der Waals surface area contributed by atoms with Crippen LogP contribution >= 0.6 is 0 Å². The molecule has 0 spiro atoms. The van der Waals surface area contributed by atoms with Crippen LogP contribution in [-0.4, -0.2) is 11.3 Å². The SMILES string of the molecule is CC(C)(C)c1cc(-c2ccc3c(c2)N(c2ccc(-c4ccccc4)cc2)c2cc(-n4c5ccccc5c5ccccc54)cc4c2B3c2ccc(-c3cc(C(C)(C)C)cc(C(C)(C)C)c3)cc2N4c2ccc(-c3ccc4c(c3)C(C)(C)CC4(C)C)cc2)cc(C(C)(C)C)c1. The standard InChI is InChI=1S/C89H88BN3/c1-84(2,3)64-44-62(45-65(51-64)85(4,5)6)60-35-42-75-79(49-60)91(68-37-30-57(31-38-68)56-24-18-17-19-25-56)81-53-70(93-77-28-22-20-26-71(77)72-27-21-23-29-78(72)93)54-82-83(81)90(75)76-43-36-61(63-46-66(86(7,8)9)52-67(47-63)87(10,11)12)50-80(76)92(82)69-39-32-58(33-40-69)59-34-41-73-74(48-59)89(15,16)55-88(73,13)14/h17-54H,55H2,1-16H3. The third-order valence-corrected chi connectivity index (χ3v) is 20.9. The van der Waals surface area contributed by atoms with Crippen molar-refractivity contribution in [3.8, 4) is 50.2 Å². The average Bonchev–Trinajstić information content (AvgIpc) is 0.916. The molecule has 0 N–H and O–H groups in total. The Balaban J connectivity index is 1.04. The monoisotopic (exact) mass is 1210 g/mol. The molecule has 1 aromatic heterocycles. The predicted molar refractivity (Wildman–Crippen MR) is 402 cm³/mol. The molecule has 0 bridgehead atoms. The Hall–Kier alpha value is -9.12. The first-order chi connectivity index (χ1) is 44.1. The fraction of sp³-hybridized carbons (Fsp3) is 0.258. The van der Waals surface area contributed by atoms with E-state index in [2.05, 4.69) is 356 Å². The van der Waals surface area contributed by atoms with E-state index in [1.807, 2.05) is 0 Å². The first kappa shape index (κ1) is 60.1. The fourth-order valence-electron chi connectivity index (χ4n) is 15.9. The Kier molecular flexibility index (Phi) is 13.7. The molecule has 0 atom stereocenters. The lowest BCUT2D eigenvalue weighted by Gasteiger charge is -2.44. The molecule has 0 fully saturated rings. The minimum Gasteiger partial charge on any atom is -0.311 e. The fourth-order valence-corrected chi connectivity index (χ4v) is 15.9. The first-order valence-electron chi connectivity index (χ1n) is 33.9. The maximum Gasteiger partial charge on any atom is 0.252 e. The van der Waals surface area contributed by atoms with E-state index in [-0.39, 0.29) is 39.2 Å². The number of hydrogen-bond acceptors (Lipinski definition) is 2. The zero-order valence-corrected chi connectivity index (χ0v) is 57.6. The van der Waals surface area contributed by atoms with Gasteiger partial charge in [-0.2, -0.15) is 0 Å². The number of nitrogens with zero attached hydrogens (tertiary/aromatic N) is 3. The number of aromatic nitrogens is 1. The number of fused-ring (bicyclic) bond motifs is 8. The second kappa shape index (κ2) is 21.2. The largest absolute Gasteiger partial charge is 0.311 e. The van der Waals surface area contributed by atoms with Crippen LogP contribution in [0.1, 0.15) is 151 Å². The molecule has 11 aromatic carbocycles. The highest BCUT2D eigenvalue weighted by atomic mass is 15.2. The average molecular weight is 1210 g/mol. The summed E-state index contributed by atoms with van der Waals surface area (Å²) in [5.41, 5.74) is 32.3. The van der Waals surface area contributed by atoms with Crippen molar-refractivity contribution in [1.29, 1.82) is 0 Å². The molecule has 3 aliphatic rings. The Morgan fingerprint density at radius 1 is 0.301 bits per heavy atom. The van der Waals surface area contributed by atoms with Crippen LogP contribution in [0.15, 0.2) is 231 Å². The van der Waals surface area contributed by atoms with Crippen LogP contribution in [0.3, 0.4) is 0 Å². The first-order valence-corrected chi connectivity index (χ1v) is 33.9. The second-order valence-corrected chi connectivity index (χ2v) is 32.7. The summed E-state index contributed by atoms with van der Waals surface area (Å²) in [6, 6.07) is 89.6. The van der Waals surface area contributed by atoms with Crippen LogP contribution in [0.2, 0.25) is 0 Å². The molecule has 12 aromatic rings. The van der Waals surface area contributed by atoms with Crippen LogP contribution in [0.25, 0.3) is 72.0 Å². The number of rotatable bonds is 7. The van der Waals surface area contributed by atoms with Crippen LogP contribution in [0, 0.1) is 0 Å². The van der Waals surface area contributed by atoms with Gasteiger partial charge in [-0.3, -0.25) is 0 Å². The third kappa shape index (κ3) is 10.3. The molecule has 0 saturated heterocycles. The van der Waals surface area contributed by atoms with E-state index in [1.54, 1.807) is 0 Å². The van der Waals surface area contributed by atoms with Gasteiger partial charge >= 0.3 is 0 Å². The smallest absolute Gasteiger partial charge is 0.252 e. The van der Waals surface area contributed by atoms with Crippen LogP contribution in [0.5, 0.6) is 0 Å². The van der Waals surface area contributed by atoms with Gasteiger partial charge in [-0.15, -0.1) is 0 Å². The van der Waals surface area contributed by atoms with Crippen LogP contribution < -0.4 is 26.2 Å². The summed E-state index contributed by atoms with van der Waals surface area (Å²) in [5, 5.41) is 2.47. The molecule has 3 heterocycles. The predicted octanol–water partition coefficient (Wildman–Crippen LogP) is 22.7. The number of anilines is 6. The Morgan fingerprint density at radius 2 is 0.667 bits per heavy atom. The highest BCUT2D eigenvalue weighted by Crippen LogP contribution is 2.52. The van der Waals surface area contributed by atoms with E-state index in [9.17, 15) is 0 Å². The van der Waals surface area contributed by atoms with Crippen molar-refractivity contribution < 1.29 is 0 Å². The van der Waals surface area contributed by atoms with Gasteiger partial charge in [0.05, 0.1) is 16.7 Å². The number of benzene rings is 11. The molecule has 4 heteroatoms. The molecule has 462 valence electrons. The molecule has 0 saturated carbocycles. The van der Waals surface area contributed by atoms with E-state index in [1.165, 1.54) is 133 Å². The summed E-state index contributed by atoms with van der Waals surface area (Å²) in [7, 11) is 0. The van der Waals surface area contributed by atoms with Crippen molar-refractivity contribution >= 4 is 79.0 Å². The van der Waals surface area contributed by atoms with E-state index in [4.69, 9.17) is 0 Å². The highest BCUT2D eigenvalue weighted by molar-refractivity contribution is 7.00. The summed E-state index contributed by atoms with van der Waals surface area (Å²) in [6.07, 6.45) is 1.14. The third-order valence-electron chi connectivity index (χ3n) is 20.9. The summed E-state index contributed by atoms with van der Waals surface area (Å²) < 4.78 is 2.53. The topological polar surface area (TPSA) is 11.4 Å². The molecule has 93 heavy (non-hydrogen) atoms. The molecule has 0 radical (unpaired) electrons. The van der Waals surface area contributed by atoms with Crippen molar-refractivity contribution in [2.75, 3.05) is 9.80 Å². The normalized spacial score (nSPS) is 14.9. The zero-order chi connectivity index (χ0) is 65.1. The van der Waals surface area contributed by atoms with Gasteiger partial charge < -0.3 is 14.4 Å². The quantitative estimate of drug-likeness (QED) is 0.147. The Labute approximate surface area is 553 Å². The van der Waals surface area contributed by atoms with Crippen molar-refractivity contribution in [1.82, 2.24) is 4.57 Å². The minimum atomic E-state index is -0.123. The zero-order valence-electron chi connectivity index (χ0n) is 57.6. The van der Waals surface area contributed by atoms with Gasteiger partial charge in [-0.25, -0.2) is 0 Å². The Morgan fingerprint density at radius 3 is 1.11 bits per heavy atom. The molecule has 0 amide bonds. The molecule has 3 nitrogen and oxygen atoms in total. The minimum absolute atomic E-state index is 0.0509. The molecule has 15 rings (SSSR count). The molecule has 2 aliphatic heterocycles. The van der Waals surface area contributed by atoms with E-state index >= 15 is 0 Å². The maximum absolute atomic E-state index is 2.63. The second-order valence-electron chi connectivity index (χ2n) is 32.7. The summed E-state index contributed by atoms with van der Waals surface area (Å²) in [5.74, 6) is 0. The van der Waals surface area contributed by atoms with Crippen molar-refractivity contribution in [2.24, 2.45) is 0 Å². The lowest BCUT2D eigenvalue weighted by molar-refractivity contribution is 0.403.